The van der Waals surface area contributed by atoms with E-state index in [4.69, 9.17) is 14.0 Å². The molecule has 0 saturated heterocycles. The molecule has 0 bridgehead atoms. The topological polar surface area (TPSA) is 86.5 Å². The van der Waals surface area contributed by atoms with Gasteiger partial charge in [0.25, 0.3) is 5.91 Å². The SMILES string of the molecule is COc1cc(C(=O)Nc2ccc(C)cn2)ccc1OCc1c(C)noc1C. The Bertz CT molecular complexity index is 929. The number of carbonyl (C=O) groups is 1. The van der Waals surface area contributed by atoms with Crippen LogP contribution < -0.4 is 14.8 Å². The molecule has 1 aromatic carbocycles. The Morgan fingerprint density at radius 1 is 1.15 bits per heavy atom. The average molecular weight is 367 g/mol. The second kappa shape index (κ2) is 7.90. The lowest BCUT2D eigenvalue weighted by Crippen LogP contribution is -2.13. The van der Waals surface area contributed by atoms with Crippen molar-refractivity contribution in [1.29, 1.82) is 0 Å². The number of aryl methyl sites for hydroxylation is 3. The fourth-order valence-corrected chi connectivity index (χ4v) is 2.52. The van der Waals surface area contributed by atoms with Crippen LogP contribution in [-0.2, 0) is 6.61 Å². The predicted molar refractivity (Wildman–Crippen MR) is 100 cm³/mol. The van der Waals surface area contributed by atoms with Crippen LogP contribution in [-0.4, -0.2) is 23.2 Å². The van der Waals surface area contributed by atoms with Crippen molar-refractivity contribution < 1.29 is 18.8 Å². The predicted octanol–water partition coefficient (Wildman–Crippen LogP) is 3.83. The number of ether oxygens (including phenoxy) is 2. The molecule has 0 saturated carbocycles. The van der Waals surface area contributed by atoms with Crippen LogP contribution >= 0.6 is 0 Å². The smallest absolute Gasteiger partial charge is 0.256 e. The lowest BCUT2D eigenvalue weighted by molar-refractivity contribution is 0.102. The van der Waals surface area contributed by atoms with E-state index in [-0.39, 0.29) is 5.91 Å². The van der Waals surface area contributed by atoms with Gasteiger partial charge < -0.3 is 19.3 Å². The summed E-state index contributed by atoms with van der Waals surface area (Å²) in [5, 5.41) is 6.67. The molecule has 0 aliphatic carbocycles. The molecule has 3 rings (SSSR count). The summed E-state index contributed by atoms with van der Waals surface area (Å²) in [6, 6.07) is 8.65. The molecule has 3 aromatic rings. The zero-order valence-electron chi connectivity index (χ0n) is 15.7. The first-order valence-corrected chi connectivity index (χ1v) is 8.44. The Kier molecular flexibility index (Phi) is 5.40. The maximum absolute atomic E-state index is 12.4. The molecule has 0 aliphatic heterocycles. The summed E-state index contributed by atoms with van der Waals surface area (Å²) in [6.45, 7) is 5.93. The third-order valence-corrected chi connectivity index (χ3v) is 4.13. The van der Waals surface area contributed by atoms with Crippen LogP contribution in [0, 0.1) is 20.8 Å². The Morgan fingerprint density at radius 3 is 2.59 bits per heavy atom. The minimum absolute atomic E-state index is 0.276. The molecule has 0 unspecified atom stereocenters. The highest BCUT2D eigenvalue weighted by Gasteiger charge is 2.14. The number of nitrogens with one attached hydrogen (secondary N) is 1. The molecule has 0 atom stereocenters. The fraction of sp³-hybridized carbons (Fsp3) is 0.250. The molecule has 0 radical (unpaired) electrons. The van der Waals surface area contributed by atoms with Gasteiger partial charge in [0.15, 0.2) is 11.5 Å². The molecule has 2 heterocycles. The van der Waals surface area contributed by atoms with Gasteiger partial charge in [-0.1, -0.05) is 11.2 Å². The van der Waals surface area contributed by atoms with Crippen LogP contribution in [0.25, 0.3) is 0 Å². The van der Waals surface area contributed by atoms with Crippen LogP contribution in [0.1, 0.15) is 32.9 Å². The van der Waals surface area contributed by atoms with E-state index in [1.807, 2.05) is 26.8 Å². The van der Waals surface area contributed by atoms with Crippen molar-refractivity contribution in [3.8, 4) is 11.5 Å². The second-order valence-electron chi connectivity index (χ2n) is 6.13. The van der Waals surface area contributed by atoms with E-state index in [0.717, 1.165) is 16.8 Å². The number of anilines is 1. The van der Waals surface area contributed by atoms with E-state index < -0.39 is 0 Å². The van der Waals surface area contributed by atoms with E-state index in [1.54, 1.807) is 30.5 Å². The van der Waals surface area contributed by atoms with Crippen LogP contribution in [0.2, 0.25) is 0 Å². The van der Waals surface area contributed by atoms with Crippen molar-refractivity contribution in [3.05, 3.63) is 64.7 Å². The number of pyridine rings is 1. The lowest BCUT2D eigenvalue weighted by atomic mass is 10.2. The van der Waals surface area contributed by atoms with Crippen LogP contribution in [0.4, 0.5) is 5.82 Å². The highest BCUT2D eigenvalue weighted by atomic mass is 16.5. The summed E-state index contributed by atoms with van der Waals surface area (Å²) < 4.78 is 16.3. The van der Waals surface area contributed by atoms with Crippen LogP contribution in [0.3, 0.4) is 0 Å². The Morgan fingerprint density at radius 2 is 1.96 bits per heavy atom. The third kappa shape index (κ3) is 4.25. The van der Waals surface area contributed by atoms with E-state index in [0.29, 0.717) is 35.2 Å². The lowest BCUT2D eigenvalue weighted by Gasteiger charge is -2.12. The maximum Gasteiger partial charge on any atom is 0.256 e. The highest BCUT2D eigenvalue weighted by Crippen LogP contribution is 2.29. The van der Waals surface area contributed by atoms with Crippen molar-refractivity contribution in [1.82, 2.24) is 10.1 Å². The van der Waals surface area contributed by atoms with Gasteiger partial charge in [-0.15, -0.1) is 0 Å². The quantitative estimate of drug-likeness (QED) is 0.712. The number of amides is 1. The Labute approximate surface area is 157 Å². The van der Waals surface area contributed by atoms with Crippen LogP contribution in [0.5, 0.6) is 11.5 Å². The molecule has 0 spiro atoms. The first-order chi connectivity index (χ1) is 13.0. The molecule has 7 heteroatoms. The highest BCUT2D eigenvalue weighted by molar-refractivity contribution is 6.04. The zero-order valence-corrected chi connectivity index (χ0v) is 15.7. The largest absolute Gasteiger partial charge is 0.493 e. The van der Waals surface area contributed by atoms with Crippen molar-refractivity contribution in [3.63, 3.8) is 0 Å². The summed E-state index contributed by atoms with van der Waals surface area (Å²) >= 11 is 0. The normalized spacial score (nSPS) is 10.5. The number of hydrogen-bond acceptors (Lipinski definition) is 6. The molecule has 2 aromatic heterocycles. The zero-order chi connectivity index (χ0) is 19.4. The summed E-state index contributed by atoms with van der Waals surface area (Å²) in [7, 11) is 1.53. The summed E-state index contributed by atoms with van der Waals surface area (Å²) in [6.07, 6.45) is 1.70. The van der Waals surface area contributed by atoms with Crippen molar-refractivity contribution in [2.45, 2.75) is 27.4 Å². The van der Waals surface area contributed by atoms with E-state index >= 15 is 0 Å². The molecular formula is C20H21N3O4. The number of hydrogen-bond donors (Lipinski definition) is 1. The number of aromatic nitrogens is 2. The number of rotatable bonds is 6. The first kappa shape index (κ1) is 18.4. The number of carbonyl (C=O) groups excluding carboxylic acids is 1. The minimum atomic E-state index is -0.276. The molecule has 27 heavy (non-hydrogen) atoms. The van der Waals surface area contributed by atoms with Gasteiger partial charge in [0.2, 0.25) is 0 Å². The molecular weight excluding hydrogens is 346 g/mol. The molecule has 0 aliphatic rings. The number of methoxy groups -OCH3 is 1. The maximum atomic E-state index is 12.4. The van der Waals surface area contributed by atoms with Crippen molar-refractivity contribution in [2.24, 2.45) is 0 Å². The molecule has 140 valence electrons. The van der Waals surface area contributed by atoms with Gasteiger partial charge >= 0.3 is 0 Å². The average Bonchev–Trinajstić information content (AvgIpc) is 2.99. The number of nitrogens with zero attached hydrogens (tertiary/aromatic N) is 2. The van der Waals surface area contributed by atoms with Gasteiger partial charge in [-0.05, 0) is 50.6 Å². The van der Waals surface area contributed by atoms with E-state index in [1.165, 1.54) is 7.11 Å². The molecule has 7 nitrogen and oxygen atoms in total. The van der Waals surface area contributed by atoms with E-state index in [2.05, 4.69) is 15.5 Å². The second-order valence-corrected chi connectivity index (χ2v) is 6.13. The van der Waals surface area contributed by atoms with Gasteiger partial charge in [-0.2, -0.15) is 0 Å². The van der Waals surface area contributed by atoms with E-state index in [9.17, 15) is 4.79 Å². The monoisotopic (exact) mass is 367 g/mol. The minimum Gasteiger partial charge on any atom is -0.493 e. The van der Waals surface area contributed by atoms with Crippen molar-refractivity contribution >= 4 is 11.7 Å². The number of benzene rings is 1. The molecule has 1 amide bonds. The molecule has 1 N–H and O–H groups in total. The fourth-order valence-electron chi connectivity index (χ4n) is 2.52. The standard InChI is InChI=1S/C20H21N3O4/c1-12-5-8-19(21-10-12)22-20(24)15-6-7-17(18(9-15)25-4)26-11-16-13(2)23-27-14(16)3/h5-10H,11H2,1-4H3,(H,21,22,24). The van der Waals surface area contributed by atoms with Gasteiger partial charge in [0, 0.05) is 11.8 Å². The van der Waals surface area contributed by atoms with Crippen molar-refractivity contribution in [2.75, 3.05) is 12.4 Å². The third-order valence-electron chi connectivity index (χ3n) is 4.13. The van der Waals surface area contributed by atoms with Gasteiger partial charge in [-0.3, -0.25) is 4.79 Å². The Hall–Kier alpha value is -3.35. The molecule has 0 fully saturated rings. The first-order valence-electron chi connectivity index (χ1n) is 8.44. The Balaban J connectivity index is 1.73. The van der Waals surface area contributed by atoms with Gasteiger partial charge in [-0.25, -0.2) is 4.98 Å². The summed E-state index contributed by atoms with van der Waals surface area (Å²) in [5.41, 5.74) is 3.14. The van der Waals surface area contributed by atoms with Crippen LogP contribution in [0.15, 0.2) is 41.1 Å². The van der Waals surface area contributed by atoms with Gasteiger partial charge in [0.1, 0.15) is 18.2 Å². The summed E-state index contributed by atoms with van der Waals surface area (Å²) in [5.74, 6) is 1.92. The summed E-state index contributed by atoms with van der Waals surface area (Å²) in [4.78, 5) is 16.6. The van der Waals surface area contributed by atoms with Gasteiger partial charge in [0.05, 0.1) is 18.4 Å².